The second-order valence-electron chi connectivity index (χ2n) is 6.76. The van der Waals surface area contributed by atoms with Crippen molar-refractivity contribution < 1.29 is 13.2 Å². The minimum Gasteiger partial charge on any atom is -0.382 e. The number of anilines is 2. The van der Waals surface area contributed by atoms with E-state index in [0.717, 1.165) is 23.0 Å². The molecule has 1 aliphatic heterocycles. The summed E-state index contributed by atoms with van der Waals surface area (Å²) in [5.74, 6) is -0.600. The van der Waals surface area contributed by atoms with Crippen LogP contribution in [0.15, 0.2) is 36.4 Å². The van der Waals surface area contributed by atoms with E-state index < -0.39 is 12.0 Å². The number of benzene rings is 1. The van der Waals surface area contributed by atoms with Gasteiger partial charge in [0.05, 0.1) is 0 Å². The van der Waals surface area contributed by atoms with Gasteiger partial charge in [-0.3, -0.25) is 0 Å². The van der Waals surface area contributed by atoms with E-state index in [0.29, 0.717) is 24.9 Å². The SMILES string of the molecule is Cc1cccc(NC2CCN(c3ccc4nnc(C(F)(F)F)n4n3)CC2)c1. The highest BCUT2D eigenvalue weighted by Gasteiger charge is 2.37. The van der Waals surface area contributed by atoms with Gasteiger partial charge in [0.1, 0.15) is 5.82 Å². The zero-order valence-corrected chi connectivity index (χ0v) is 14.7. The molecule has 27 heavy (non-hydrogen) atoms. The molecule has 3 aromatic rings. The Morgan fingerprint density at radius 1 is 1.07 bits per heavy atom. The normalized spacial score (nSPS) is 16.1. The molecule has 0 saturated carbocycles. The molecular weight excluding hydrogens is 357 g/mol. The van der Waals surface area contributed by atoms with Crippen LogP contribution in [0.3, 0.4) is 0 Å². The highest BCUT2D eigenvalue weighted by Crippen LogP contribution is 2.28. The molecule has 6 nitrogen and oxygen atoms in total. The van der Waals surface area contributed by atoms with E-state index in [4.69, 9.17) is 0 Å². The van der Waals surface area contributed by atoms with Crippen LogP contribution in [0.25, 0.3) is 5.65 Å². The molecule has 4 rings (SSSR count). The van der Waals surface area contributed by atoms with Gasteiger partial charge in [-0.25, -0.2) is 0 Å². The maximum absolute atomic E-state index is 13.0. The highest BCUT2D eigenvalue weighted by atomic mass is 19.4. The molecule has 0 bridgehead atoms. The third-order valence-corrected chi connectivity index (χ3v) is 4.71. The molecule has 1 saturated heterocycles. The molecule has 3 heterocycles. The first-order chi connectivity index (χ1) is 12.9. The third-order valence-electron chi connectivity index (χ3n) is 4.71. The molecule has 0 radical (unpaired) electrons. The number of nitrogens with one attached hydrogen (secondary N) is 1. The van der Waals surface area contributed by atoms with Gasteiger partial charge in [-0.05, 0) is 49.6 Å². The molecule has 1 aliphatic rings. The molecule has 9 heteroatoms. The maximum Gasteiger partial charge on any atom is 0.453 e. The van der Waals surface area contributed by atoms with Gasteiger partial charge in [0.25, 0.3) is 5.82 Å². The van der Waals surface area contributed by atoms with Crippen LogP contribution in [0, 0.1) is 6.92 Å². The van der Waals surface area contributed by atoms with Gasteiger partial charge in [0.2, 0.25) is 0 Å². The summed E-state index contributed by atoms with van der Waals surface area (Å²) < 4.78 is 39.8. The second-order valence-corrected chi connectivity index (χ2v) is 6.76. The largest absolute Gasteiger partial charge is 0.453 e. The van der Waals surface area contributed by atoms with E-state index in [1.165, 1.54) is 11.6 Å². The molecule has 1 fully saturated rings. The number of hydrogen-bond acceptors (Lipinski definition) is 5. The molecule has 0 spiro atoms. The zero-order chi connectivity index (χ0) is 19.0. The number of hydrogen-bond donors (Lipinski definition) is 1. The van der Waals surface area contributed by atoms with Crippen LogP contribution < -0.4 is 10.2 Å². The maximum atomic E-state index is 13.0. The Morgan fingerprint density at radius 3 is 2.56 bits per heavy atom. The summed E-state index contributed by atoms with van der Waals surface area (Å²) >= 11 is 0. The van der Waals surface area contributed by atoms with E-state index in [-0.39, 0.29) is 5.65 Å². The number of fused-ring (bicyclic) bond motifs is 1. The first-order valence-electron chi connectivity index (χ1n) is 8.78. The number of nitrogens with zero attached hydrogens (tertiary/aromatic N) is 5. The molecule has 0 amide bonds. The van der Waals surface area contributed by atoms with Crippen LogP contribution in [0.4, 0.5) is 24.7 Å². The fourth-order valence-electron chi connectivity index (χ4n) is 3.35. The average molecular weight is 376 g/mol. The molecule has 142 valence electrons. The quantitative estimate of drug-likeness (QED) is 0.758. The number of piperidine rings is 1. The number of aromatic nitrogens is 4. The highest BCUT2D eigenvalue weighted by molar-refractivity contribution is 5.48. The Hall–Kier alpha value is -2.84. The summed E-state index contributed by atoms with van der Waals surface area (Å²) in [4.78, 5) is 1.99. The summed E-state index contributed by atoms with van der Waals surface area (Å²) in [7, 11) is 0. The molecule has 1 N–H and O–H groups in total. The molecule has 0 unspecified atom stereocenters. The summed E-state index contributed by atoms with van der Waals surface area (Å²) in [6.07, 6.45) is -2.83. The van der Waals surface area contributed by atoms with Crippen molar-refractivity contribution in [1.82, 2.24) is 19.8 Å². The second kappa shape index (κ2) is 6.71. The van der Waals surface area contributed by atoms with Crippen molar-refractivity contribution in [3.8, 4) is 0 Å². The van der Waals surface area contributed by atoms with Crippen molar-refractivity contribution in [2.45, 2.75) is 32.0 Å². The van der Waals surface area contributed by atoms with E-state index in [2.05, 4.69) is 39.7 Å². The number of alkyl halides is 3. The minimum atomic E-state index is -4.59. The standard InChI is InChI=1S/C18H19F3N6/c1-12-3-2-4-14(11-12)22-13-7-9-26(10-8-13)16-6-5-15-23-24-17(18(19,20)21)27(15)25-16/h2-6,11,13,22H,7-10H2,1H3. The van der Waals surface area contributed by atoms with E-state index in [9.17, 15) is 13.2 Å². The van der Waals surface area contributed by atoms with Gasteiger partial charge in [0, 0.05) is 24.8 Å². The van der Waals surface area contributed by atoms with E-state index in [1.807, 2.05) is 17.0 Å². The van der Waals surface area contributed by atoms with Crippen molar-refractivity contribution in [1.29, 1.82) is 0 Å². The first kappa shape index (κ1) is 17.6. The zero-order valence-electron chi connectivity index (χ0n) is 14.7. The summed E-state index contributed by atoms with van der Waals surface area (Å²) in [6, 6.07) is 11.7. The van der Waals surface area contributed by atoms with Crippen molar-refractivity contribution in [3.05, 3.63) is 47.8 Å². The monoisotopic (exact) mass is 376 g/mol. The lowest BCUT2D eigenvalue weighted by Crippen LogP contribution is -2.39. The summed E-state index contributed by atoms with van der Waals surface area (Å²) in [5.41, 5.74) is 2.37. The average Bonchev–Trinajstić information content (AvgIpc) is 3.06. The Morgan fingerprint density at radius 2 is 1.85 bits per heavy atom. The topological polar surface area (TPSA) is 58.3 Å². The molecular formula is C18H19F3N6. The number of rotatable bonds is 3. The number of halogens is 3. The Bertz CT molecular complexity index is 944. The van der Waals surface area contributed by atoms with Gasteiger partial charge in [-0.1, -0.05) is 12.1 Å². The van der Waals surface area contributed by atoms with E-state index in [1.54, 1.807) is 6.07 Å². The summed E-state index contributed by atoms with van der Waals surface area (Å²) in [6.45, 7) is 3.48. The van der Waals surface area contributed by atoms with Crippen LogP contribution >= 0.6 is 0 Å². The van der Waals surface area contributed by atoms with Gasteiger partial charge in [0.15, 0.2) is 5.65 Å². The van der Waals surface area contributed by atoms with Crippen molar-refractivity contribution >= 4 is 17.2 Å². The fraction of sp³-hybridized carbons (Fsp3) is 0.389. The lowest BCUT2D eigenvalue weighted by molar-refractivity contribution is -0.146. The van der Waals surface area contributed by atoms with Gasteiger partial charge >= 0.3 is 6.18 Å². The minimum absolute atomic E-state index is 0.0853. The number of aryl methyl sites for hydroxylation is 1. The van der Waals surface area contributed by atoms with Crippen LogP contribution in [0.1, 0.15) is 24.2 Å². The van der Waals surface area contributed by atoms with Crippen molar-refractivity contribution in [3.63, 3.8) is 0 Å². The molecule has 0 aliphatic carbocycles. The lowest BCUT2D eigenvalue weighted by Gasteiger charge is -2.33. The lowest BCUT2D eigenvalue weighted by atomic mass is 10.0. The third kappa shape index (κ3) is 3.67. The molecule has 1 aromatic carbocycles. The predicted molar refractivity (Wildman–Crippen MR) is 95.8 cm³/mol. The molecule has 2 aromatic heterocycles. The van der Waals surface area contributed by atoms with Gasteiger partial charge in [-0.2, -0.15) is 17.7 Å². The van der Waals surface area contributed by atoms with E-state index >= 15 is 0 Å². The molecule has 0 atom stereocenters. The first-order valence-corrected chi connectivity index (χ1v) is 8.78. The smallest absolute Gasteiger partial charge is 0.382 e. The fourth-order valence-corrected chi connectivity index (χ4v) is 3.35. The Balaban J connectivity index is 1.46. The van der Waals surface area contributed by atoms with Gasteiger partial charge < -0.3 is 10.2 Å². The van der Waals surface area contributed by atoms with Gasteiger partial charge in [-0.15, -0.1) is 15.3 Å². The van der Waals surface area contributed by atoms with Crippen LogP contribution in [-0.2, 0) is 6.18 Å². The summed E-state index contributed by atoms with van der Waals surface area (Å²) in [5, 5.41) is 14.4. The van der Waals surface area contributed by atoms with Crippen LogP contribution in [-0.4, -0.2) is 38.9 Å². The van der Waals surface area contributed by atoms with Crippen LogP contribution in [0.2, 0.25) is 0 Å². The Kier molecular flexibility index (Phi) is 4.37. The van der Waals surface area contributed by atoms with Crippen molar-refractivity contribution in [2.24, 2.45) is 0 Å². The van der Waals surface area contributed by atoms with Crippen molar-refractivity contribution in [2.75, 3.05) is 23.3 Å². The predicted octanol–water partition coefficient (Wildman–Crippen LogP) is 3.53. The Labute approximate surface area is 154 Å². The van der Waals surface area contributed by atoms with Crippen LogP contribution in [0.5, 0.6) is 0 Å².